The second-order valence-electron chi connectivity index (χ2n) is 16.3. The maximum atomic E-state index is 14.1. The molecule has 12 unspecified atom stereocenters. The van der Waals surface area contributed by atoms with Gasteiger partial charge in [0.2, 0.25) is 29.5 Å². The highest BCUT2D eigenvalue weighted by Crippen LogP contribution is 2.77. The third-order valence-electron chi connectivity index (χ3n) is 13.5. The molecule has 60 heavy (non-hydrogen) atoms. The number of fused-ring (bicyclic) bond motifs is 15. The SMILES string of the molecule is C#CCN1C(=O)C2C3(C)C(=O)C(C)(C(c4ccccc4)=C3c3ccccc3)C2(Br)C1=O.C#CCN1C(=O)C2C3C=CC(O3)C2(Br)C1=O.O=C1NC(=O)C2(Br)C3C=CC(O3)C12. The predicted molar refractivity (Wildman–Crippen MR) is 226 cm³/mol. The number of nitrogens with one attached hydrogen (secondary N) is 1. The van der Waals surface area contributed by atoms with Crippen molar-refractivity contribution in [2.24, 2.45) is 28.6 Å². The number of carbonyl (C=O) groups excluding carboxylic acids is 7. The van der Waals surface area contributed by atoms with Crippen molar-refractivity contribution in [3.05, 3.63) is 96.1 Å². The number of rotatable bonds is 4. The molecule has 12 nitrogen and oxygen atoms in total. The number of ketones is 1. The van der Waals surface area contributed by atoms with Gasteiger partial charge in [0.25, 0.3) is 5.91 Å². The van der Waals surface area contributed by atoms with E-state index in [4.69, 9.17) is 22.3 Å². The van der Waals surface area contributed by atoms with Gasteiger partial charge in [0.05, 0.1) is 53.9 Å². The zero-order valence-corrected chi connectivity index (χ0v) is 36.7. The fourth-order valence-corrected chi connectivity index (χ4v) is 13.9. The van der Waals surface area contributed by atoms with E-state index in [-0.39, 0.29) is 72.8 Å². The number of carbonyl (C=O) groups is 7. The Balaban J connectivity index is 0.000000132. The highest BCUT2D eigenvalue weighted by atomic mass is 79.9. The fraction of sp³-hybridized carbons (Fsp3) is 0.356. The number of ether oxygens (including phenoxy) is 2. The number of terminal acetylenes is 2. The van der Waals surface area contributed by atoms with Crippen molar-refractivity contribution in [3.8, 4) is 24.7 Å². The lowest BCUT2D eigenvalue weighted by Gasteiger charge is -2.41. The second-order valence-corrected chi connectivity index (χ2v) is 20.1. The Bertz CT molecular complexity index is 2550. The van der Waals surface area contributed by atoms with Gasteiger partial charge in [-0.3, -0.25) is 48.7 Å². The van der Waals surface area contributed by atoms with E-state index in [0.717, 1.165) is 32.1 Å². The number of halogens is 3. The molecule has 1 saturated carbocycles. The third-order valence-corrected chi connectivity index (χ3v) is 17.7. The van der Waals surface area contributed by atoms with Crippen molar-refractivity contribution in [3.63, 3.8) is 0 Å². The van der Waals surface area contributed by atoms with Crippen LogP contribution < -0.4 is 5.32 Å². The van der Waals surface area contributed by atoms with Gasteiger partial charge in [-0.15, -0.1) is 12.8 Å². The average Bonchev–Trinajstić information content (AvgIpc) is 4.13. The van der Waals surface area contributed by atoms with E-state index in [2.05, 4.69) is 64.9 Å². The van der Waals surface area contributed by atoms with Crippen LogP contribution in [0.3, 0.4) is 0 Å². The number of hydrogen-bond acceptors (Lipinski definition) is 9. The van der Waals surface area contributed by atoms with Crippen molar-refractivity contribution in [1.29, 1.82) is 0 Å². The predicted octanol–water partition coefficient (Wildman–Crippen LogP) is 3.76. The first-order valence-corrected chi connectivity index (χ1v) is 21.5. The molecule has 0 spiro atoms. The number of likely N-dealkylation sites (tertiary alicyclic amines) is 2. The molecule has 304 valence electrons. The zero-order valence-electron chi connectivity index (χ0n) is 31.9. The first-order valence-electron chi connectivity index (χ1n) is 19.1. The summed E-state index contributed by atoms with van der Waals surface area (Å²) in [5, 5.41) is 2.32. The second kappa shape index (κ2) is 13.6. The van der Waals surface area contributed by atoms with E-state index in [9.17, 15) is 33.6 Å². The number of Topliss-reactive ketones (excluding diaryl/α,β-unsaturated/α-hetero) is 1. The molecule has 9 aliphatic rings. The fourth-order valence-electron chi connectivity index (χ4n) is 10.9. The number of imide groups is 3. The van der Waals surface area contributed by atoms with Gasteiger partial charge in [-0.1, -0.05) is 145 Å². The van der Waals surface area contributed by atoms with E-state index in [1.165, 1.54) is 0 Å². The van der Waals surface area contributed by atoms with E-state index in [1.807, 2.05) is 91.9 Å². The largest absolute Gasteiger partial charge is 0.364 e. The molecule has 0 radical (unpaired) electrons. The molecule has 12 atom stereocenters. The Labute approximate surface area is 369 Å². The summed E-state index contributed by atoms with van der Waals surface area (Å²) in [6, 6.07) is 19.3. The van der Waals surface area contributed by atoms with E-state index >= 15 is 0 Å². The molecule has 7 aliphatic heterocycles. The molecule has 6 fully saturated rings. The Morgan fingerprint density at radius 3 is 1.68 bits per heavy atom. The first kappa shape index (κ1) is 40.6. The van der Waals surface area contributed by atoms with Crippen LogP contribution in [-0.4, -0.2) is 102 Å². The minimum Gasteiger partial charge on any atom is -0.364 e. The molecule has 6 amide bonds. The van der Waals surface area contributed by atoms with Gasteiger partial charge >= 0.3 is 0 Å². The van der Waals surface area contributed by atoms with Crippen LogP contribution in [-0.2, 0) is 43.0 Å². The summed E-state index contributed by atoms with van der Waals surface area (Å²) >= 11 is 10.4. The van der Waals surface area contributed by atoms with E-state index in [0.29, 0.717) is 0 Å². The highest BCUT2D eigenvalue weighted by Gasteiger charge is 2.85. The number of allylic oxidation sites excluding steroid dienone is 2. The average molecular weight is 1000 g/mol. The molecule has 7 heterocycles. The monoisotopic (exact) mass is 997 g/mol. The summed E-state index contributed by atoms with van der Waals surface area (Å²) in [6.45, 7) is 3.53. The lowest BCUT2D eigenvalue weighted by molar-refractivity contribution is -0.144. The lowest BCUT2D eigenvalue weighted by Crippen LogP contribution is -2.50. The zero-order chi connectivity index (χ0) is 42.9. The van der Waals surface area contributed by atoms with Gasteiger partial charge < -0.3 is 9.47 Å². The maximum Gasteiger partial charge on any atom is 0.250 e. The summed E-state index contributed by atoms with van der Waals surface area (Å²) in [6.07, 6.45) is 16.7. The number of alkyl halides is 3. The van der Waals surface area contributed by atoms with Crippen LogP contribution in [0.15, 0.2) is 85.0 Å². The molecule has 11 rings (SSSR count). The van der Waals surface area contributed by atoms with Crippen molar-refractivity contribution >= 4 is 100 Å². The molecule has 15 heteroatoms. The minimum absolute atomic E-state index is 0.0287. The molecule has 2 aromatic carbocycles. The molecule has 2 aromatic rings. The summed E-state index contributed by atoms with van der Waals surface area (Å²) in [5.41, 5.74) is 0.967. The smallest absolute Gasteiger partial charge is 0.250 e. The number of benzene rings is 2. The maximum absolute atomic E-state index is 14.1. The van der Waals surface area contributed by atoms with Gasteiger partial charge in [0, 0.05) is 0 Å². The van der Waals surface area contributed by atoms with Gasteiger partial charge in [0.15, 0.2) is 5.78 Å². The Kier molecular flexibility index (Phi) is 9.22. The molecule has 0 aromatic heterocycles. The Morgan fingerprint density at radius 2 is 1.17 bits per heavy atom. The van der Waals surface area contributed by atoms with Crippen molar-refractivity contribution in [2.45, 2.75) is 51.2 Å². The molecular weight excluding hydrogens is 966 g/mol. The van der Waals surface area contributed by atoms with E-state index < -0.39 is 47.5 Å². The standard InChI is InChI=1S/C26H20BrNO3.C11H8BrNO3.C8H6BrNO3/c1-4-15-28-21(29)20-24(2)18(16-11-7-5-8-12-16)19(17-13-9-6-10-14-17)25(3,22(24)30)26(20,27)23(28)31;1-2-5-13-9(14)8-6-3-4-7(16-6)11(8,12)10(13)15;9-8-4-2-1-3(13-4)5(8)6(11)10-7(8)12/h1,5-14,20H,15H2,2-3H3;1,3-4,6-8H,5H2;1-5H,(H,10,11,12). The molecule has 5 saturated heterocycles. The van der Waals surface area contributed by atoms with Gasteiger partial charge in [-0.2, -0.15) is 0 Å². The van der Waals surface area contributed by atoms with Crippen molar-refractivity contribution < 1.29 is 43.0 Å². The third kappa shape index (κ3) is 4.78. The van der Waals surface area contributed by atoms with Gasteiger partial charge in [-0.25, -0.2) is 0 Å². The van der Waals surface area contributed by atoms with Crippen LogP contribution >= 0.6 is 47.8 Å². The number of nitrogens with zero attached hydrogens (tertiary/aromatic N) is 2. The molecule has 6 bridgehead atoms. The van der Waals surface area contributed by atoms with Crippen LogP contribution in [0, 0.1) is 53.3 Å². The summed E-state index contributed by atoms with van der Waals surface area (Å²) in [5.74, 6) is 1.06. The number of amides is 6. The van der Waals surface area contributed by atoms with Crippen molar-refractivity contribution in [1.82, 2.24) is 15.1 Å². The quantitative estimate of drug-likeness (QED) is 0.209. The van der Waals surface area contributed by atoms with Crippen LogP contribution in [0.2, 0.25) is 0 Å². The molecule has 1 N–H and O–H groups in total. The summed E-state index contributed by atoms with van der Waals surface area (Å²) in [4.78, 5) is 90.5. The van der Waals surface area contributed by atoms with Crippen LogP contribution in [0.1, 0.15) is 25.0 Å². The van der Waals surface area contributed by atoms with Crippen LogP contribution in [0.25, 0.3) is 11.1 Å². The number of hydrogen-bond donors (Lipinski definition) is 1. The van der Waals surface area contributed by atoms with Crippen LogP contribution in [0.5, 0.6) is 0 Å². The minimum atomic E-state index is -1.37. The van der Waals surface area contributed by atoms with Crippen molar-refractivity contribution in [2.75, 3.05) is 13.1 Å². The highest BCUT2D eigenvalue weighted by molar-refractivity contribution is 9.10. The topological polar surface area (TPSA) is 156 Å². The van der Waals surface area contributed by atoms with Gasteiger partial charge in [0.1, 0.15) is 25.2 Å². The first-order chi connectivity index (χ1) is 28.5. The molecule has 2 aliphatic carbocycles. The van der Waals surface area contributed by atoms with Crippen LogP contribution in [0.4, 0.5) is 0 Å². The Morgan fingerprint density at radius 1 is 0.667 bits per heavy atom. The molecular formula is C45H34Br3N3O9. The van der Waals surface area contributed by atoms with E-state index in [1.54, 1.807) is 6.92 Å². The summed E-state index contributed by atoms with van der Waals surface area (Å²) in [7, 11) is 0. The lowest BCUT2D eigenvalue weighted by atomic mass is 9.63. The normalized spacial score (nSPS) is 40.3. The summed E-state index contributed by atoms with van der Waals surface area (Å²) < 4.78 is 7.83. The Hall–Kier alpha value is -4.77. The van der Waals surface area contributed by atoms with Gasteiger partial charge in [-0.05, 0) is 36.1 Å².